The van der Waals surface area contributed by atoms with Crippen molar-refractivity contribution in [2.24, 2.45) is 0 Å². The van der Waals surface area contributed by atoms with Gasteiger partial charge in [-0.3, -0.25) is 4.79 Å². The van der Waals surface area contributed by atoms with Crippen LogP contribution in [0.4, 0.5) is 0 Å². The van der Waals surface area contributed by atoms with Gasteiger partial charge in [0.25, 0.3) is 0 Å². The van der Waals surface area contributed by atoms with E-state index in [9.17, 15) is 4.79 Å². The third-order valence-electron chi connectivity index (χ3n) is 1.32. The number of cyclic esters (lactones) is 1. The number of esters is 1. The van der Waals surface area contributed by atoms with Crippen LogP contribution in [0.3, 0.4) is 0 Å². The number of carbonyl (C=O) groups is 1. The fourth-order valence-electron chi connectivity index (χ4n) is 0.813. The summed E-state index contributed by atoms with van der Waals surface area (Å²) in [6.45, 7) is 0. The number of hydrogen-bond donors (Lipinski definition) is 0. The minimum atomic E-state index is -0.183. The zero-order valence-electron chi connectivity index (χ0n) is 5.23. The molecule has 0 spiro atoms. The Bertz CT molecular complexity index is 121. The first-order valence-electron chi connectivity index (χ1n) is 2.82. The Hall–Kier alpha value is -0.400. The molecule has 0 aromatic heterocycles. The van der Waals surface area contributed by atoms with Crippen LogP contribution in [0.5, 0.6) is 0 Å². The van der Waals surface area contributed by atoms with Gasteiger partial charge in [-0.1, -0.05) is 0 Å². The molecule has 0 radical (unpaired) electrons. The molecule has 0 aliphatic carbocycles. The summed E-state index contributed by atoms with van der Waals surface area (Å²) in [4.78, 5) is 10.4. The summed E-state index contributed by atoms with van der Waals surface area (Å²) in [6, 6.07) is 0. The lowest BCUT2D eigenvalue weighted by atomic mass is 9.64. The molecule has 0 aromatic rings. The van der Waals surface area contributed by atoms with Gasteiger partial charge in [0.05, 0.1) is 0 Å². The van der Waals surface area contributed by atoms with E-state index in [2.05, 4.69) is 0 Å². The number of ether oxygens (including phenoxy) is 1. The third kappa shape index (κ3) is 1.05. The fourth-order valence-corrected chi connectivity index (χ4v) is 0.813. The first-order valence-corrected chi connectivity index (χ1v) is 2.82. The molecule has 1 saturated heterocycles. The topological polar surface area (TPSA) is 26.3 Å². The average molecular weight is 110 g/mol. The molecule has 4 heteroatoms. The Balaban J connectivity index is 2.56. The van der Waals surface area contributed by atoms with Crippen LogP contribution < -0.4 is 0 Å². The molecule has 0 N–H and O–H groups in total. The summed E-state index contributed by atoms with van der Waals surface area (Å²) in [5, 5.41) is -0.183. The van der Waals surface area contributed by atoms with E-state index in [0.717, 1.165) is 6.42 Å². The van der Waals surface area contributed by atoms with Crippen LogP contribution in [-0.4, -0.2) is 27.1 Å². The molecule has 42 valence electrons. The van der Waals surface area contributed by atoms with E-state index in [-0.39, 0.29) is 11.4 Å². The van der Waals surface area contributed by atoms with Crippen molar-refractivity contribution in [1.29, 1.82) is 0 Å². The van der Waals surface area contributed by atoms with Crippen molar-refractivity contribution in [3.05, 3.63) is 0 Å². The van der Waals surface area contributed by atoms with Gasteiger partial charge in [0.2, 0.25) is 0 Å². The smallest absolute Gasteiger partial charge is 0.304 e. The highest BCUT2D eigenvalue weighted by molar-refractivity contribution is 6.40. The highest BCUT2D eigenvalue weighted by Gasteiger charge is 2.29. The Morgan fingerprint density at radius 2 is 2.25 bits per heavy atom. The largest absolute Gasteiger partial charge is 0.478 e. The lowest BCUT2D eigenvalue weighted by Crippen LogP contribution is -2.28. The van der Waals surface area contributed by atoms with E-state index >= 15 is 0 Å². The van der Waals surface area contributed by atoms with E-state index in [1.807, 2.05) is 15.7 Å². The predicted molar refractivity (Wildman–Crippen MR) is 35.1 cm³/mol. The van der Waals surface area contributed by atoms with E-state index in [0.29, 0.717) is 6.42 Å². The Labute approximate surface area is 50.4 Å². The van der Waals surface area contributed by atoms with Gasteiger partial charge in [0.15, 0.2) is 0 Å². The van der Waals surface area contributed by atoms with Gasteiger partial charge >= 0.3 is 5.97 Å². The van der Waals surface area contributed by atoms with Gasteiger partial charge < -0.3 is 4.74 Å². The summed E-state index contributed by atoms with van der Waals surface area (Å²) in [5.41, 5.74) is 0. The SMILES string of the molecule is BC1(B)CCC(=O)O1. The maximum Gasteiger partial charge on any atom is 0.304 e. The minimum absolute atomic E-state index is 0.0602. The van der Waals surface area contributed by atoms with Crippen LogP contribution in [0.15, 0.2) is 0 Å². The van der Waals surface area contributed by atoms with E-state index in [1.165, 1.54) is 0 Å². The van der Waals surface area contributed by atoms with E-state index < -0.39 is 0 Å². The van der Waals surface area contributed by atoms with E-state index in [1.54, 1.807) is 0 Å². The molecule has 8 heavy (non-hydrogen) atoms. The molecule has 1 fully saturated rings. The number of rotatable bonds is 0. The first kappa shape index (κ1) is 5.73. The van der Waals surface area contributed by atoms with Gasteiger partial charge in [0, 0.05) is 11.8 Å². The van der Waals surface area contributed by atoms with Gasteiger partial charge in [-0.15, -0.1) is 0 Å². The van der Waals surface area contributed by atoms with Crippen LogP contribution in [0.25, 0.3) is 0 Å². The van der Waals surface area contributed by atoms with Crippen molar-refractivity contribution in [3.63, 3.8) is 0 Å². The molecule has 1 aliphatic rings. The molecule has 0 unspecified atom stereocenters. The van der Waals surface area contributed by atoms with Crippen LogP contribution in [0, 0.1) is 0 Å². The first-order chi connectivity index (χ1) is 3.60. The van der Waals surface area contributed by atoms with Crippen LogP contribution in [0.1, 0.15) is 12.8 Å². The summed E-state index contributed by atoms with van der Waals surface area (Å²) < 4.78 is 4.91. The van der Waals surface area contributed by atoms with Crippen LogP contribution in [0.2, 0.25) is 0 Å². The maximum atomic E-state index is 10.4. The molecular formula is C4H8B2O2. The lowest BCUT2D eigenvalue weighted by molar-refractivity contribution is -0.140. The predicted octanol–water partition coefficient (Wildman–Crippen LogP) is -1.76. The summed E-state index contributed by atoms with van der Waals surface area (Å²) >= 11 is 0. The standard InChI is InChI=1S/C4H8B2O2/c5-4(6)2-1-3(7)8-4/h1-2,5-6H2. The normalized spacial score (nSPS) is 25.2. The van der Waals surface area contributed by atoms with Crippen molar-refractivity contribution < 1.29 is 9.53 Å². The van der Waals surface area contributed by atoms with Gasteiger partial charge in [-0.2, -0.15) is 0 Å². The molecule has 0 atom stereocenters. The molecule has 2 nitrogen and oxygen atoms in total. The second-order valence-electron chi connectivity index (χ2n) is 2.73. The second-order valence-corrected chi connectivity index (χ2v) is 2.73. The van der Waals surface area contributed by atoms with Crippen molar-refractivity contribution >= 4 is 21.7 Å². The molecular weight excluding hydrogens is 102 g/mol. The second kappa shape index (κ2) is 1.54. The van der Waals surface area contributed by atoms with Crippen molar-refractivity contribution in [2.45, 2.75) is 18.2 Å². The lowest BCUT2D eigenvalue weighted by Gasteiger charge is -2.14. The van der Waals surface area contributed by atoms with E-state index in [4.69, 9.17) is 4.74 Å². The summed E-state index contributed by atoms with van der Waals surface area (Å²) in [7, 11) is 3.86. The van der Waals surface area contributed by atoms with Gasteiger partial charge in [0.1, 0.15) is 15.7 Å². The van der Waals surface area contributed by atoms with Gasteiger partial charge in [-0.25, -0.2) is 0 Å². The number of carbonyl (C=O) groups excluding carboxylic acids is 1. The average Bonchev–Trinajstić information content (AvgIpc) is 1.82. The molecule has 1 heterocycles. The highest BCUT2D eigenvalue weighted by Crippen LogP contribution is 2.18. The highest BCUT2D eigenvalue weighted by atomic mass is 16.6. The number of hydrogen-bond acceptors (Lipinski definition) is 2. The Kier molecular flexibility index (Phi) is 1.10. The van der Waals surface area contributed by atoms with Crippen molar-refractivity contribution in [3.8, 4) is 0 Å². The molecule has 1 aliphatic heterocycles. The fraction of sp³-hybridized carbons (Fsp3) is 0.750. The molecule has 0 bridgehead atoms. The van der Waals surface area contributed by atoms with Crippen molar-refractivity contribution in [2.75, 3.05) is 0 Å². The monoisotopic (exact) mass is 110 g/mol. The molecule has 0 aromatic carbocycles. The Morgan fingerprint density at radius 3 is 2.38 bits per heavy atom. The zero-order valence-corrected chi connectivity index (χ0v) is 5.23. The molecule has 0 amide bonds. The molecule has 1 rings (SSSR count). The Morgan fingerprint density at radius 1 is 1.62 bits per heavy atom. The van der Waals surface area contributed by atoms with Gasteiger partial charge in [-0.05, 0) is 6.42 Å². The van der Waals surface area contributed by atoms with Crippen LogP contribution >= 0.6 is 0 Å². The summed E-state index contributed by atoms with van der Waals surface area (Å²) in [5.74, 6) is -0.0602. The maximum absolute atomic E-state index is 10.4. The summed E-state index contributed by atoms with van der Waals surface area (Å²) in [6.07, 6.45) is 1.46. The van der Waals surface area contributed by atoms with Crippen LogP contribution in [-0.2, 0) is 9.53 Å². The zero-order chi connectivity index (χ0) is 6.20. The van der Waals surface area contributed by atoms with Crippen molar-refractivity contribution in [1.82, 2.24) is 0 Å². The quantitative estimate of drug-likeness (QED) is 0.272. The third-order valence-corrected chi connectivity index (χ3v) is 1.32. The molecule has 0 saturated carbocycles. The minimum Gasteiger partial charge on any atom is -0.478 e.